The smallest absolute Gasteiger partial charge is 0.262 e. The fraction of sp³-hybridized carbons (Fsp3) is 0.316. The number of amides is 1. The van der Waals surface area contributed by atoms with Gasteiger partial charge in [-0.2, -0.15) is 0 Å². The number of anilines is 1. The van der Waals surface area contributed by atoms with Crippen LogP contribution >= 0.6 is 23.1 Å². The van der Waals surface area contributed by atoms with Gasteiger partial charge in [-0.1, -0.05) is 6.92 Å². The van der Waals surface area contributed by atoms with E-state index in [0.717, 1.165) is 16.6 Å². The number of carbonyl (C=O) groups excluding carboxylic acids is 1. The molecule has 4 rings (SSSR count). The molecule has 1 unspecified atom stereocenters. The van der Waals surface area contributed by atoms with Crippen LogP contribution in [0.25, 0.3) is 6.08 Å². The lowest BCUT2D eigenvalue weighted by atomic mass is 9.88. The Hall–Kier alpha value is -1.59. The van der Waals surface area contributed by atoms with E-state index in [1.54, 1.807) is 23.9 Å². The number of nitrogens with one attached hydrogen (secondary N) is 1. The van der Waals surface area contributed by atoms with Gasteiger partial charge in [0.25, 0.3) is 5.91 Å². The zero-order chi connectivity index (χ0) is 16.7. The maximum atomic E-state index is 13.0. The molecule has 1 aliphatic heterocycles. The fourth-order valence-corrected chi connectivity index (χ4v) is 5.94. The first-order valence-electron chi connectivity index (χ1n) is 8.15. The average Bonchev–Trinajstić information content (AvgIpc) is 2.93. The second-order valence-electron chi connectivity index (χ2n) is 6.45. The average molecular weight is 359 g/mol. The van der Waals surface area contributed by atoms with E-state index in [1.165, 1.54) is 52.3 Å². The molecule has 1 amide bonds. The number of fused-ring (bicyclic) bond motifs is 3. The fourth-order valence-electron chi connectivity index (χ4n) is 3.28. The zero-order valence-corrected chi connectivity index (χ0v) is 15.0. The molecule has 5 heteroatoms. The van der Waals surface area contributed by atoms with Gasteiger partial charge in [0.05, 0.1) is 4.91 Å². The lowest BCUT2D eigenvalue weighted by molar-refractivity contribution is -0.112. The van der Waals surface area contributed by atoms with E-state index in [1.807, 2.05) is 17.4 Å². The first-order valence-corrected chi connectivity index (χ1v) is 9.95. The molecule has 2 aliphatic rings. The Kier molecular flexibility index (Phi) is 4.22. The number of benzene rings is 1. The number of carbonyl (C=O) groups is 1. The van der Waals surface area contributed by atoms with Gasteiger partial charge in [0.2, 0.25) is 0 Å². The number of thioether (sulfide) groups is 1. The van der Waals surface area contributed by atoms with E-state index in [0.29, 0.717) is 5.69 Å². The summed E-state index contributed by atoms with van der Waals surface area (Å²) in [5.74, 6) is 1.22. The van der Waals surface area contributed by atoms with Crippen LogP contribution in [-0.4, -0.2) is 5.91 Å². The van der Waals surface area contributed by atoms with E-state index in [-0.39, 0.29) is 11.7 Å². The van der Waals surface area contributed by atoms with Crippen LogP contribution in [0.4, 0.5) is 10.1 Å². The van der Waals surface area contributed by atoms with Crippen molar-refractivity contribution in [2.45, 2.75) is 31.9 Å². The molecule has 2 aromatic rings. The summed E-state index contributed by atoms with van der Waals surface area (Å²) in [4.78, 5) is 16.0. The molecule has 124 valence electrons. The van der Waals surface area contributed by atoms with Crippen molar-refractivity contribution in [1.82, 2.24) is 0 Å². The predicted molar refractivity (Wildman–Crippen MR) is 99.8 cm³/mol. The molecular weight excluding hydrogens is 341 g/mol. The van der Waals surface area contributed by atoms with E-state index < -0.39 is 0 Å². The third-order valence-corrected chi connectivity index (χ3v) is 6.90. The maximum Gasteiger partial charge on any atom is 0.262 e. The second kappa shape index (κ2) is 6.37. The van der Waals surface area contributed by atoms with Gasteiger partial charge in [0.15, 0.2) is 0 Å². The quantitative estimate of drug-likeness (QED) is 0.794. The third kappa shape index (κ3) is 3.03. The van der Waals surface area contributed by atoms with E-state index in [2.05, 4.69) is 12.2 Å². The Morgan fingerprint density at radius 2 is 2.04 bits per heavy atom. The Bertz CT molecular complexity index is 823. The van der Waals surface area contributed by atoms with Crippen LogP contribution in [0, 0.1) is 11.7 Å². The van der Waals surface area contributed by atoms with Crippen molar-refractivity contribution in [1.29, 1.82) is 0 Å². The van der Waals surface area contributed by atoms with Gasteiger partial charge >= 0.3 is 0 Å². The molecule has 0 saturated carbocycles. The lowest BCUT2D eigenvalue weighted by Crippen LogP contribution is -2.14. The summed E-state index contributed by atoms with van der Waals surface area (Å²) in [7, 11) is 0. The largest absolute Gasteiger partial charge is 0.322 e. The van der Waals surface area contributed by atoms with Crippen LogP contribution in [0.15, 0.2) is 29.2 Å². The van der Waals surface area contributed by atoms with E-state index >= 15 is 0 Å². The molecule has 2 heterocycles. The van der Waals surface area contributed by atoms with Crippen LogP contribution in [0.3, 0.4) is 0 Å². The van der Waals surface area contributed by atoms with Crippen LogP contribution in [0.5, 0.6) is 0 Å². The molecule has 1 aromatic heterocycles. The SMILES string of the molecule is CC1CCc2c(sc3c2CSC(C(=O)Nc2ccc(F)cc2)=C3)C1. The van der Waals surface area contributed by atoms with Gasteiger partial charge in [-0.05, 0) is 66.6 Å². The zero-order valence-electron chi connectivity index (χ0n) is 13.4. The number of halogens is 1. The molecule has 1 aliphatic carbocycles. The number of hydrogen-bond donors (Lipinski definition) is 1. The molecule has 24 heavy (non-hydrogen) atoms. The van der Waals surface area contributed by atoms with Gasteiger partial charge in [0, 0.05) is 21.2 Å². The minimum absolute atomic E-state index is 0.114. The predicted octanol–water partition coefficient (Wildman–Crippen LogP) is 5.24. The van der Waals surface area contributed by atoms with Gasteiger partial charge < -0.3 is 5.32 Å². The molecular formula is C19H18FNOS2. The summed E-state index contributed by atoms with van der Waals surface area (Å²) in [5, 5.41) is 2.85. The molecule has 1 atom stereocenters. The van der Waals surface area contributed by atoms with Crippen molar-refractivity contribution in [3.63, 3.8) is 0 Å². The lowest BCUT2D eigenvalue weighted by Gasteiger charge is -2.19. The van der Waals surface area contributed by atoms with Crippen LogP contribution in [0.2, 0.25) is 0 Å². The first kappa shape index (κ1) is 15.9. The monoisotopic (exact) mass is 359 g/mol. The molecule has 0 bridgehead atoms. The first-order chi connectivity index (χ1) is 11.6. The van der Waals surface area contributed by atoms with Crippen molar-refractivity contribution in [2.24, 2.45) is 5.92 Å². The van der Waals surface area contributed by atoms with Gasteiger partial charge in [-0.3, -0.25) is 4.79 Å². The molecule has 0 spiro atoms. The minimum Gasteiger partial charge on any atom is -0.322 e. The van der Waals surface area contributed by atoms with Crippen molar-refractivity contribution in [3.8, 4) is 0 Å². The molecule has 0 saturated heterocycles. The van der Waals surface area contributed by atoms with Crippen LogP contribution in [0.1, 0.15) is 34.2 Å². The van der Waals surface area contributed by atoms with Crippen molar-refractivity contribution >= 4 is 40.8 Å². The highest BCUT2D eigenvalue weighted by molar-refractivity contribution is 8.03. The Morgan fingerprint density at radius 1 is 1.25 bits per heavy atom. The van der Waals surface area contributed by atoms with Crippen molar-refractivity contribution in [2.75, 3.05) is 5.32 Å². The van der Waals surface area contributed by atoms with Gasteiger partial charge in [-0.15, -0.1) is 23.1 Å². The summed E-state index contributed by atoms with van der Waals surface area (Å²) < 4.78 is 13.0. The van der Waals surface area contributed by atoms with Crippen LogP contribution in [-0.2, 0) is 23.4 Å². The molecule has 1 aromatic carbocycles. The van der Waals surface area contributed by atoms with Crippen molar-refractivity contribution < 1.29 is 9.18 Å². The standard InChI is InChI=1S/C19H18FNOS2/c1-11-2-7-14-15-10-23-18(9-17(15)24-16(14)8-11)19(22)21-13-5-3-12(20)4-6-13/h3-6,9,11H,2,7-8,10H2,1H3,(H,21,22). The van der Waals surface area contributed by atoms with E-state index in [9.17, 15) is 9.18 Å². The topological polar surface area (TPSA) is 29.1 Å². The summed E-state index contributed by atoms with van der Waals surface area (Å²) in [5.41, 5.74) is 3.59. The van der Waals surface area contributed by atoms with Gasteiger partial charge in [0.1, 0.15) is 5.82 Å². The van der Waals surface area contributed by atoms with Gasteiger partial charge in [-0.25, -0.2) is 4.39 Å². The minimum atomic E-state index is -0.303. The summed E-state index contributed by atoms with van der Waals surface area (Å²) in [6, 6.07) is 5.87. The molecule has 0 fully saturated rings. The number of rotatable bonds is 2. The molecule has 0 radical (unpaired) electrons. The Morgan fingerprint density at radius 3 is 2.83 bits per heavy atom. The molecule has 2 nitrogen and oxygen atoms in total. The highest BCUT2D eigenvalue weighted by atomic mass is 32.2. The van der Waals surface area contributed by atoms with Crippen LogP contribution < -0.4 is 5.32 Å². The number of hydrogen-bond acceptors (Lipinski definition) is 3. The van der Waals surface area contributed by atoms with E-state index in [4.69, 9.17) is 0 Å². The highest BCUT2D eigenvalue weighted by Crippen LogP contribution is 2.43. The summed E-state index contributed by atoms with van der Waals surface area (Å²) in [6.07, 6.45) is 5.63. The number of thiophene rings is 1. The highest BCUT2D eigenvalue weighted by Gasteiger charge is 2.26. The second-order valence-corrected chi connectivity index (χ2v) is 8.61. The Labute approximate surface area is 149 Å². The summed E-state index contributed by atoms with van der Waals surface area (Å²) in [6.45, 7) is 2.31. The molecule has 1 N–H and O–H groups in total. The summed E-state index contributed by atoms with van der Waals surface area (Å²) >= 11 is 3.45. The maximum absolute atomic E-state index is 13.0. The normalized spacial score (nSPS) is 19.2. The van der Waals surface area contributed by atoms with Crippen molar-refractivity contribution in [3.05, 3.63) is 55.9 Å². The Balaban J connectivity index is 1.56. The third-order valence-electron chi connectivity index (χ3n) is 4.61.